The summed E-state index contributed by atoms with van der Waals surface area (Å²) in [6.45, 7) is 12.8. The Hall–Kier alpha value is -1.75. The second kappa shape index (κ2) is 5.71. The Morgan fingerprint density at radius 3 is 2.15 bits per heavy atom. The summed E-state index contributed by atoms with van der Waals surface area (Å²) in [6.07, 6.45) is 3.97. The van der Waals surface area contributed by atoms with Crippen LogP contribution in [0.5, 0.6) is 5.75 Å². The fourth-order valence-electron chi connectivity index (χ4n) is 2.03. The average Bonchev–Trinajstić information content (AvgIpc) is 2.28. The lowest BCUT2D eigenvalue weighted by atomic mass is 9.79. The number of benzene rings is 1. The van der Waals surface area contributed by atoms with Gasteiger partial charge in [-0.1, -0.05) is 59.8 Å². The summed E-state index contributed by atoms with van der Waals surface area (Å²) in [5.74, 6) is 0.319. The van der Waals surface area contributed by atoms with Crippen LogP contribution in [0.4, 0.5) is 0 Å². The standard InChI is InChI=1S/C18H25NO/c1-17(2,3)14-11-13(9-7-8-10-19)16(20)15(12-14)18(4,5)6/h7,9,11-12,20H,8H2,1-6H3. The maximum Gasteiger partial charge on any atom is 0.126 e. The third-order valence-corrected chi connectivity index (χ3v) is 3.32. The molecular weight excluding hydrogens is 246 g/mol. The zero-order chi connectivity index (χ0) is 15.6. The maximum atomic E-state index is 10.5. The van der Waals surface area contributed by atoms with Crippen LogP contribution in [0.2, 0.25) is 0 Å². The largest absolute Gasteiger partial charge is 0.507 e. The number of phenols is 1. The van der Waals surface area contributed by atoms with Crippen LogP contribution in [0.1, 0.15) is 64.7 Å². The van der Waals surface area contributed by atoms with Gasteiger partial charge < -0.3 is 5.11 Å². The van der Waals surface area contributed by atoms with Crippen LogP contribution in [0.15, 0.2) is 18.2 Å². The molecule has 0 bridgehead atoms. The van der Waals surface area contributed by atoms with Crippen molar-refractivity contribution in [2.24, 2.45) is 0 Å². The van der Waals surface area contributed by atoms with E-state index in [1.54, 1.807) is 6.08 Å². The molecule has 1 aromatic rings. The van der Waals surface area contributed by atoms with Gasteiger partial charge in [-0.2, -0.15) is 5.26 Å². The van der Waals surface area contributed by atoms with Crippen molar-refractivity contribution in [3.8, 4) is 11.8 Å². The summed E-state index contributed by atoms with van der Waals surface area (Å²) in [5, 5.41) is 19.1. The Morgan fingerprint density at radius 1 is 1.10 bits per heavy atom. The predicted octanol–water partition coefficient (Wildman–Crippen LogP) is 4.91. The molecule has 0 amide bonds. The number of allylic oxidation sites excluding steroid dienone is 1. The number of nitrogens with zero attached hydrogens (tertiary/aromatic N) is 1. The molecular formula is C18H25NO. The second-order valence-electron chi connectivity index (χ2n) is 7.23. The number of hydrogen-bond donors (Lipinski definition) is 1. The van der Waals surface area contributed by atoms with Gasteiger partial charge in [0.1, 0.15) is 5.75 Å². The highest BCUT2D eigenvalue weighted by atomic mass is 16.3. The first-order valence-electron chi connectivity index (χ1n) is 6.99. The van der Waals surface area contributed by atoms with Gasteiger partial charge in [-0.05, 0) is 22.5 Å². The normalized spacial score (nSPS) is 12.7. The van der Waals surface area contributed by atoms with Crippen molar-refractivity contribution in [2.45, 2.75) is 58.8 Å². The monoisotopic (exact) mass is 271 g/mol. The first kappa shape index (κ1) is 16.3. The molecule has 108 valence electrons. The molecule has 0 unspecified atom stereocenters. The van der Waals surface area contributed by atoms with E-state index >= 15 is 0 Å². The zero-order valence-electron chi connectivity index (χ0n) is 13.4. The van der Waals surface area contributed by atoms with E-state index in [1.807, 2.05) is 12.1 Å². The molecule has 0 aliphatic carbocycles. The summed E-state index contributed by atoms with van der Waals surface area (Å²) in [4.78, 5) is 0. The van der Waals surface area contributed by atoms with Crippen LogP contribution >= 0.6 is 0 Å². The second-order valence-corrected chi connectivity index (χ2v) is 7.23. The van der Waals surface area contributed by atoms with E-state index in [0.29, 0.717) is 12.2 Å². The number of phenolic OH excluding ortho intramolecular Hbond substituents is 1. The third kappa shape index (κ3) is 3.87. The van der Waals surface area contributed by atoms with Crippen LogP contribution in [0, 0.1) is 11.3 Å². The number of hydrogen-bond acceptors (Lipinski definition) is 2. The average molecular weight is 271 g/mol. The van der Waals surface area contributed by atoms with Crippen LogP contribution in [-0.2, 0) is 10.8 Å². The molecule has 0 aliphatic heterocycles. The topological polar surface area (TPSA) is 44.0 Å². The van der Waals surface area contributed by atoms with Crippen molar-refractivity contribution in [1.29, 1.82) is 5.26 Å². The Balaban J connectivity index is 3.48. The van der Waals surface area contributed by atoms with Crippen molar-refractivity contribution >= 4 is 6.08 Å². The lowest BCUT2D eigenvalue weighted by molar-refractivity contribution is 0.443. The van der Waals surface area contributed by atoms with Gasteiger partial charge in [-0.25, -0.2) is 0 Å². The molecule has 0 radical (unpaired) electrons. The van der Waals surface area contributed by atoms with Crippen LogP contribution < -0.4 is 0 Å². The summed E-state index contributed by atoms with van der Waals surface area (Å²) >= 11 is 0. The van der Waals surface area contributed by atoms with E-state index in [0.717, 1.165) is 11.1 Å². The SMILES string of the molecule is CC(C)(C)c1cc(C=CCC#N)c(O)c(C(C)(C)C)c1. The molecule has 0 saturated carbocycles. The van der Waals surface area contributed by atoms with Crippen LogP contribution in [0.25, 0.3) is 6.08 Å². The number of nitriles is 1. The van der Waals surface area contributed by atoms with Crippen molar-refractivity contribution in [3.63, 3.8) is 0 Å². The first-order valence-corrected chi connectivity index (χ1v) is 6.99. The van der Waals surface area contributed by atoms with Gasteiger partial charge in [-0.3, -0.25) is 0 Å². The summed E-state index contributed by atoms with van der Waals surface area (Å²) < 4.78 is 0. The van der Waals surface area contributed by atoms with Crippen LogP contribution in [-0.4, -0.2) is 5.11 Å². The van der Waals surface area contributed by atoms with Gasteiger partial charge in [0.25, 0.3) is 0 Å². The quantitative estimate of drug-likeness (QED) is 0.830. The summed E-state index contributed by atoms with van der Waals surface area (Å²) in [6, 6.07) is 6.19. The number of aromatic hydroxyl groups is 1. The minimum Gasteiger partial charge on any atom is -0.507 e. The molecule has 0 fully saturated rings. The van der Waals surface area contributed by atoms with E-state index < -0.39 is 0 Å². The molecule has 2 nitrogen and oxygen atoms in total. The Bertz CT molecular complexity index is 548. The van der Waals surface area contributed by atoms with E-state index in [4.69, 9.17) is 5.26 Å². The van der Waals surface area contributed by atoms with Crippen molar-refractivity contribution in [2.75, 3.05) is 0 Å². The van der Waals surface area contributed by atoms with Crippen molar-refractivity contribution in [3.05, 3.63) is 34.9 Å². The maximum absolute atomic E-state index is 10.5. The smallest absolute Gasteiger partial charge is 0.126 e. The van der Waals surface area contributed by atoms with Gasteiger partial charge in [0.05, 0.1) is 12.5 Å². The minimum atomic E-state index is -0.122. The van der Waals surface area contributed by atoms with Crippen molar-refractivity contribution in [1.82, 2.24) is 0 Å². The molecule has 0 saturated heterocycles. The van der Waals surface area contributed by atoms with Gasteiger partial charge >= 0.3 is 0 Å². The molecule has 2 heteroatoms. The van der Waals surface area contributed by atoms with Crippen molar-refractivity contribution < 1.29 is 5.11 Å². The molecule has 0 spiro atoms. The molecule has 0 aromatic heterocycles. The molecule has 20 heavy (non-hydrogen) atoms. The van der Waals surface area contributed by atoms with E-state index in [2.05, 4.69) is 53.7 Å². The van der Waals surface area contributed by atoms with E-state index in [-0.39, 0.29) is 10.8 Å². The molecule has 0 heterocycles. The fourth-order valence-corrected chi connectivity index (χ4v) is 2.03. The lowest BCUT2D eigenvalue weighted by Gasteiger charge is -2.27. The highest BCUT2D eigenvalue weighted by Gasteiger charge is 2.24. The highest BCUT2D eigenvalue weighted by Crippen LogP contribution is 2.38. The third-order valence-electron chi connectivity index (χ3n) is 3.32. The summed E-state index contributed by atoms with van der Waals surface area (Å²) in [7, 11) is 0. The first-order chi connectivity index (χ1) is 9.07. The van der Waals surface area contributed by atoms with Gasteiger partial charge in [0, 0.05) is 11.1 Å². The predicted molar refractivity (Wildman–Crippen MR) is 84.8 cm³/mol. The number of rotatable bonds is 2. The molecule has 0 atom stereocenters. The summed E-state index contributed by atoms with van der Waals surface area (Å²) in [5.41, 5.74) is 2.82. The van der Waals surface area contributed by atoms with Gasteiger partial charge in [0.2, 0.25) is 0 Å². The Kier molecular flexibility index (Phi) is 4.65. The molecule has 1 rings (SSSR count). The Labute approximate surface area is 122 Å². The van der Waals surface area contributed by atoms with E-state index in [9.17, 15) is 5.11 Å². The fraction of sp³-hybridized carbons (Fsp3) is 0.500. The van der Waals surface area contributed by atoms with Crippen LogP contribution in [0.3, 0.4) is 0 Å². The highest BCUT2D eigenvalue weighted by molar-refractivity contribution is 5.62. The molecule has 1 aromatic carbocycles. The molecule has 1 N–H and O–H groups in total. The van der Waals surface area contributed by atoms with Gasteiger partial charge in [0.15, 0.2) is 0 Å². The lowest BCUT2D eigenvalue weighted by Crippen LogP contribution is -2.17. The zero-order valence-corrected chi connectivity index (χ0v) is 13.4. The Morgan fingerprint density at radius 2 is 1.70 bits per heavy atom. The van der Waals surface area contributed by atoms with Gasteiger partial charge in [-0.15, -0.1) is 0 Å². The van der Waals surface area contributed by atoms with E-state index in [1.165, 1.54) is 5.56 Å². The minimum absolute atomic E-state index is 0.0194. The molecule has 0 aliphatic rings.